The van der Waals surface area contributed by atoms with Crippen LogP contribution in [0.4, 0.5) is 0 Å². The van der Waals surface area contributed by atoms with Crippen LogP contribution in [0.1, 0.15) is 30.7 Å². The summed E-state index contributed by atoms with van der Waals surface area (Å²) in [6.07, 6.45) is 12.8. The quantitative estimate of drug-likeness (QED) is 0.424. The van der Waals surface area contributed by atoms with E-state index in [4.69, 9.17) is 0 Å². The van der Waals surface area contributed by atoms with Crippen LogP contribution in [0.15, 0.2) is 77.4 Å². The monoisotopic (exact) mass is 421 g/mol. The fraction of sp³-hybridized carbons (Fsp3) is 0.182. The molecule has 5 rings (SSSR count). The molecule has 4 aromatic rings. The Morgan fingerprint density at radius 2 is 1.93 bits per heavy atom. The number of rotatable bonds is 4. The van der Waals surface area contributed by atoms with Crippen LogP contribution in [-0.2, 0) is 10.0 Å². The lowest BCUT2D eigenvalue weighted by molar-refractivity contribution is 0.589. The van der Waals surface area contributed by atoms with E-state index in [1.54, 1.807) is 48.9 Å². The van der Waals surface area contributed by atoms with Crippen molar-refractivity contribution in [1.29, 1.82) is 0 Å². The molecule has 5 nitrogen and oxygen atoms in total. The number of hydrogen-bond donors (Lipinski definition) is 0. The summed E-state index contributed by atoms with van der Waals surface area (Å²) >= 11 is 1.50. The molecule has 0 aliphatic heterocycles. The van der Waals surface area contributed by atoms with Crippen molar-refractivity contribution in [2.75, 3.05) is 0 Å². The molecule has 1 aliphatic carbocycles. The van der Waals surface area contributed by atoms with Gasteiger partial charge in [0.05, 0.1) is 4.90 Å². The second kappa shape index (κ2) is 7.24. The molecule has 0 bridgehead atoms. The van der Waals surface area contributed by atoms with Crippen molar-refractivity contribution in [3.8, 4) is 10.6 Å². The summed E-state index contributed by atoms with van der Waals surface area (Å²) in [5.74, 6) is 0.253. The molecule has 1 aliphatic rings. The van der Waals surface area contributed by atoms with Crippen LogP contribution in [0.3, 0.4) is 0 Å². The number of hydrogen-bond acceptors (Lipinski definition) is 5. The summed E-state index contributed by atoms with van der Waals surface area (Å²) in [5, 5.41) is 3.57. The molecule has 0 N–H and O–H groups in total. The Balaban J connectivity index is 1.81. The Bertz CT molecular complexity index is 1290. The van der Waals surface area contributed by atoms with Crippen molar-refractivity contribution in [2.45, 2.75) is 30.1 Å². The number of fused-ring (bicyclic) bond motifs is 1. The van der Waals surface area contributed by atoms with Crippen molar-refractivity contribution >= 4 is 32.4 Å². The fourth-order valence-electron chi connectivity index (χ4n) is 3.94. The molecule has 3 heterocycles. The molecular weight excluding hydrogens is 402 g/mol. The molecular formula is C22H19N3O2S2. The van der Waals surface area contributed by atoms with Crippen LogP contribution in [0.25, 0.3) is 21.6 Å². The highest BCUT2D eigenvalue weighted by Crippen LogP contribution is 2.40. The number of benzene rings is 1. The van der Waals surface area contributed by atoms with Gasteiger partial charge in [0.25, 0.3) is 10.0 Å². The predicted octanol–water partition coefficient (Wildman–Crippen LogP) is 5.22. The maximum absolute atomic E-state index is 13.4. The highest BCUT2D eigenvalue weighted by molar-refractivity contribution is 7.90. The Hall–Kier alpha value is -2.77. The van der Waals surface area contributed by atoms with Crippen molar-refractivity contribution in [3.63, 3.8) is 0 Å². The standard InChI is InChI=1S/C22H19N3O2S2/c26-29(27,17-9-5-2-6-10-17)25-15-19(22-24-13-14-28-22)20-18(11-12-23-21(20)25)16-7-3-1-4-8-16/h2-3,5-7,9-16H,1,4,8H2. The number of aromatic nitrogens is 3. The first-order chi connectivity index (χ1) is 14.2. The summed E-state index contributed by atoms with van der Waals surface area (Å²) in [5.41, 5.74) is 2.38. The van der Waals surface area contributed by atoms with E-state index in [0.29, 0.717) is 5.65 Å². The van der Waals surface area contributed by atoms with Gasteiger partial charge in [0.1, 0.15) is 5.01 Å². The van der Waals surface area contributed by atoms with Gasteiger partial charge in [0.15, 0.2) is 5.65 Å². The van der Waals surface area contributed by atoms with Gasteiger partial charge in [-0.15, -0.1) is 11.3 Å². The van der Waals surface area contributed by atoms with Gasteiger partial charge in [-0.2, -0.15) is 0 Å². The van der Waals surface area contributed by atoms with E-state index in [-0.39, 0.29) is 10.8 Å². The Morgan fingerprint density at radius 3 is 2.66 bits per heavy atom. The SMILES string of the molecule is O=S(=O)(c1ccccc1)n1cc(-c2nccs2)c2c(C3C=CCCC3)ccnc21. The second-order valence-corrected chi connectivity index (χ2v) is 9.77. The third-order valence-corrected chi connectivity index (χ3v) is 7.77. The minimum absolute atomic E-state index is 0.243. The van der Waals surface area contributed by atoms with E-state index in [0.717, 1.165) is 40.8 Å². The average Bonchev–Trinajstić information content (AvgIpc) is 3.43. The molecule has 0 radical (unpaired) electrons. The van der Waals surface area contributed by atoms with Crippen LogP contribution in [0.2, 0.25) is 0 Å². The van der Waals surface area contributed by atoms with Gasteiger partial charge in [-0.05, 0) is 43.0 Å². The molecule has 7 heteroatoms. The molecule has 0 saturated carbocycles. The van der Waals surface area contributed by atoms with E-state index in [1.807, 2.05) is 11.4 Å². The Labute approximate surface area is 173 Å². The minimum Gasteiger partial charge on any atom is -0.244 e. The van der Waals surface area contributed by atoms with E-state index < -0.39 is 10.0 Å². The third kappa shape index (κ3) is 3.10. The lowest BCUT2D eigenvalue weighted by atomic mass is 9.87. The first kappa shape index (κ1) is 18.3. The summed E-state index contributed by atoms with van der Waals surface area (Å²) in [7, 11) is -3.77. The van der Waals surface area contributed by atoms with E-state index in [9.17, 15) is 8.42 Å². The molecule has 1 atom stereocenters. The molecule has 29 heavy (non-hydrogen) atoms. The highest BCUT2D eigenvalue weighted by atomic mass is 32.2. The normalized spacial score (nSPS) is 17.0. The van der Waals surface area contributed by atoms with E-state index >= 15 is 0 Å². The predicted molar refractivity (Wildman–Crippen MR) is 116 cm³/mol. The Morgan fingerprint density at radius 1 is 1.07 bits per heavy atom. The third-order valence-electron chi connectivity index (χ3n) is 5.30. The largest absolute Gasteiger partial charge is 0.269 e. The van der Waals surface area contributed by atoms with Crippen LogP contribution in [0, 0.1) is 0 Å². The zero-order valence-electron chi connectivity index (χ0n) is 15.6. The lowest BCUT2D eigenvalue weighted by Gasteiger charge is -2.18. The maximum Gasteiger partial charge on any atom is 0.269 e. The van der Waals surface area contributed by atoms with Crippen LogP contribution < -0.4 is 0 Å². The molecule has 1 unspecified atom stereocenters. The molecule has 3 aromatic heterocycles. The number of thiazole rings is 1. The van der Waals surface area contributed by atoms with Crippen molar-refractivity contribution < 1.29 is 8.42 Å². The molecule has 0 spiro atoms. The Kier molecular flexibility index (Phi) is 4.56. The summed E-state index contributed by atoms with van der Waals surface area (Å²) in [6, 6.07) is 10.5. The number of nitrogens with zero attached hydrogens (tertiary/aromatic N) is 3. The summed E-state index contributed by atoms with van der Waals surface area (Å²) in [6.45, 7) is 0. The van der Waals surface area contributed by atoms with Crippen molar-refractivity contribution in [2.24, 2.45) is 0 Å². The number of allylic oxidation sites excluding steroid dienone is 2. The topological polar surface area (TPSA) is 64.8 Å². The van der Waals surface area contributed by atoms with Gasteiger partial charge in [-0.1, -0.05) is 30.4 Å². The lowest BCUT2D eigenvalue weighted by Crippen LogP contribution is -2.12. The maximum atomic E-state index is 13.4. The average molecular weight is 422 g/mol. The molecule has 0 fully saturated rings. The summed E-state index contributed by atoms with van der Waals surface area (Å²) in [4.78, 5) is 9.19. The van der Waals surface area contributed by atoms with Gasteiger partial charge < -0.3 is 0 Å². The highest BCUT2D eigenvalue weighted by Gasteiger charge is 2.26. The smallest absolute Gasteiger partial charge is 0.244 e. The fourth-order valence-corrected chi connectivity index (χ4v) is 5.93. The number of pyridine rings is 1. The van der Waals surface area contributed by atoms with Gasteiger partial charge >= 0.3 is 0 Å². The zero-order valence-corrected chi connectivity index (χ0v) is 17.2. The first-order valence-electron chi connectivity index (χ1n) is 9.53. The second-order valence-electron chi connectivity index (χ2n) is 7.06. The van der Waals surface area contributed by atoms with E-state index in [2.05, 4.69) is 22.1 Å². The van der Waals surface area contributed by atoms with Crippen LogP contribution in [-0.4, -0.2) is 22.4 Å². The van der Waals surface area contributed by atoms with Crippen molar-refractivity contribution in [1.82, 2.24) is 13.9 Å². The van der Waals surface area contributed by atoms with Crippen LogP contribution >= 0.6 is 11.3 Å². The molecule has 1 aromatic carbocycles. The molecule has 0 amide bonds. The van der Waals surface area contributed by atoms with Gasteiger partial charge in [0.2, 0.25) is 0 Å². The van der Waals surface area contributed by atoms with E-state index in [1.165, 1.54) is 15.3 Å². The summed E-state index contributed by atoms with van der Waals surface area (Å²) < 4.78 is 28.1. The van der Waals surface area contributed by atoms with Gasteiger partial charge in [-0.3, -0.25) is 0 Å². The van der Waals surface area contributed by atoms with Crippen molar-refractivity contribution in [3.05, 3.63) is 78.1 Å². The molecule has 146 valence electrons. The van der Waals surface area contributed by atoms with Gasteiger partial charge in [-0.25, -0.2) is 22.4 Å². The first-order valence-corrected chi connectivity index (χ1v) is 11.9. The minimum atomic E-state index is -3.77. The van der Waals surface area contributed by atoms with Gasteiger partial charge in [0, 0.05) is 40.8 Å². The zero-order chi connectivity index (χ0) is 19.8. The van der Waals surface area contributed by atoms with Crippen LogP contribution in [0.5, 0.6) is 0 Å². The molecule has 0 saturated heterocycles.